The zero-order valence-corrected chi connectivity index (χ0v) is 15.8. The number of esters is 2. The lowest BCUT2D eigenvalue weighted by Gasteiger charge is -2.26. The standard InChI is InChI=1S/C20H28O6/c1-6-14(4)19(23)25-16(9-12(2)7-8-21)18-15(5)20(24)26-17(18)10-13(3)11-22/h6-7,10,16-18,21-22H,5,8-9,11H2,1-4H3/b12-7+,13-10+,14-6+. The summed E-state index contributed by atoms with van der Waals surface area (Å²) in [6, 6.07) is 0. The first-order valence-corrected chi connectivity index (χ1v) is 8.53. The fourth-order valence-electron chi connectivity index (χ4n) is 2.66. The van der Waals surface area contributed by atoms with Crippen LogP contribution in [-0.2, 0) is 19.1 Å². The molecule has 2 N–H and O–H groups in total. The van der Waals surface area contributed by atoms with Crippen LogP contribution in [0.4, 0.5) is 0 Å². The van der Waals surface area contributed by atoms with E-state index in [0.717, 1.165) is 5.57 Å². The predicted molar refractivity (Wildman–Crippen MR) is 98.1 cm³/mol. The molecule has 0 bridgehead atoms. The molecule has 26 heavy (non-hydrogen) atoms. The van der Waals surface area contributed by atoms with Gasteiger partial charge in [-0.05, 0) is 39.3 Å². The lowest BCUT2D eigenvalue weighted by Crippen LogP contribution is -2.33. The van der Waals surface area contributed by atoms with Crippen LogP contribution in [0.25, 0.3) is 0 Å². The van der Waals surface area contributed by atoms with Crippen molar-refractivity contribution in [2.24, 2.45) is 5.92 Å². The molecule has 6 nitrogen and oxygen atoms in total. The van der Waals surface area contributed by atoms with Gasteiger partial charge in [0.1, 0.15) is 12.2 Å². The number of allylic oxidation sites excluding steroid dienone is 1. The van der Waals surface area contributed by atoms with Gasteiger partial charge in [0, 0.05) is 17.6 Å². The third-order valence-electron chi connectivity index (χ3n) is 4.34. The van der Waals surface area contributed by atoms with E-state index < -0.39 is 30.1 Å². The smallest absolute Gasteiger partial charge is 0.334 e. The molecule has 3 atom stereocenters. The first-order chi connectivity index (χ1) is 12.2. The Morgan fingerprint density at radius 1 is 1.31 bits per heavy atom. The van der Waals surface area contributed by atoms with E-state index in [1.165, 1.54) is 0 Å². The molecule has 0 spiro atoms. The second-order valence-corrected chi connectivity index (χ2v) is 6.44. The van der Waals surface area contributed by atoms with Crippen LogP contribution >= 0.6 is 0 Å². The van der Waals surface area contributed by atoms with Gasteiger partial charge >= 0.3 is 11.9 Å². The number of carbonyl (C=O) groups is 2. The van der Waals surface area contributed by atoms with E-state index in [4.69, 9.17) is 14.6 Å². The summed E-state index contributed by atoms with van der Waals surface area (Å²) in [6.45, 7) is 10.4. The van der Waals surface area contributed by atoms with E-state index in [0.29, 0.717) is 17.6 Å². The van der Waals surface area contributed by atoms with Crippen molar-refractivity contribution < 1.29 is 29.3 Å². The van der Waals surface area contributed by atoms with Crippen LogP contribution < -0.4 is 0 Å². The first kappa shape index (κ1) is 21.9. The highest BCUT2D eigenvalue weighted by molar-refractivity contribution is 5.92. The average Bonchev–Trinajstić information content (AvgIpc) is 2.87. The van der Waals surface area contributed by atoms with Crippen molar-refractivity contribution in [1.29, 1.82) is 0 Å². The highest BCUT2D eigenvalue weighted by atomic mass is 16.6. The third kappa shape index (κ3) is 5.68. The van der Waals surface area contributed by atoms with Crippen LogP contribution in [0.5, 0.6) is 0 Å². The van der Waals surface area contributed by atoms with E-state index >= 15 is 0 Å². The predicted octanol–water partition coefficient (Wildman–Crippen LogP) is 2.23. The summed E-state index contributed by atoms with van der Waals surface area (Å²) in [5.74, 6) is -1.60. The van der Waals surface area contributed by atoms with Crippen molar-refractivity contribution in [2.75, 3.05) is 13.2 Å². The Kier molecular flexibility index (Phi) is 8.48. The minimum atomic E-state index is -0.688. The topological polar surface area (TPSA) is 93.1 Å². The van der Waals surface area contributed by atoms with Gasteiger partial charge in [-0.1, -0.05) is 24.3 Å². The van der Waals surface area contributed by atoms with Crippen molar-refractivity contribution in [3.8, 4) is 0 Å². The molecule has 3 unspecified atom stereocenters. The zero-order chi connectivity index (χ0) is 19.9. The van der Waals surface area contributed by atoms with Crippen LogP contribution in [0.2, 0.25) is 0 Å². The molecule has 0 amide bonds. The van der Waals surface area contributed by atoms with Crippen LogP contribution in [0.1, 0.15) is 34.1 Å². The molecule has 1 aliphatic rings. The SMILES string of the molecule is C=C1C(=O)OC(/C=C(\C)CO)C1C(C/C(C)=C/CO)OC(=O)/C(C)=C/C. The number of ether oxygens (including phenoxy) is 2. The molecular formula is C20H28O6. The maximum atomic E-state index is 12.3. The van der Waals surface area contributed by atoms with Crippen LogP contribution in [0, 0.1) is 5.92 Å². The van der Waals surface area contributed by atoms with Gasteiger partial charge in [-0.15, -0.1) is 0 Å². The zero-order valence-electron chi connectivity index (χ0n) is 15.8. The van der Waals surface area contributed by atoms with Crippen LogP contribution in [0.3, 0.4) is 0 Å². The van der Waals surface area contributed by atoms with Crippen molar-refractivity contribution in [3.05, 3.63) is 47.1 Å². The second kappa shape index (κ2) is 10.1. The maximum Gasteiger partial charge on any atom is 0.334 e. The summed E-state index contributed by atoms with van der Waals surface area (Å²) in [5, 5.41) is 18.3. The molecule has 0 aromatic heterocycles. The molecule has 1 aliphatic heterocycles. The quantitative estimate of drug-likeness (QED) is 0.390. The molecule has 1 rings (SSSR count). The number of hydrogen-bond donors (Lipinski definition) is 2. The van der Waals surface area contributed by atoms with E-state index in [-0.39, 0.29) is 18.8 Å². The largest absolute Gasteiger partial charge is 0.458 e. The van der Waals surface area contributed by atoms with E-state index in [1.807, 2.05) is 6.92 Å². The molecule has 0 aromatic rings. The van der Waals surface area contributed by atoms with E-state index in [9.17, 15) is 14.7 Å². The summed E-state index contributed by atoms with van der Waals surface area (Å²) < 4.78 is 11.0. The summed E-state index contributed by atoms with van der Waals surface area (Å²) in [4.78, 5) is 24.3. The molecule has 0 aliphatic carbocycles. The average molecular weight is 364 g/mol. The lowest BCUT2D eigenvalue weighted by atomic mass is 9.86. The monoisotopic (exact) mass is 364 g/mol. The molecule has 0 radical (unpaired) electrons. The van der Waals surface area contributed by atoms with E-state index in [2.05, 4.69) is 6.58 Å². The summed E-state index contributed by atoms with van der Waals surface area (Å²) in [7, 11) is 0. The Morgan fingerprint density at radius 2 is 1.96 bits per heavy atom. The Bertz CT molecular complexity index is 641. The van der Waals surface area contributed by atoms with Gasteiger partial charge in [-0.3, -0.25) is 0 Å². The maximum absolute atomic E-state index is 12.3. The van der Waals surface area contributed by atoms with Gasteiger partial charge in [0.15, 0.2) is 0 Å². The summed E-state index contributed by atoms with van der Waals surface area (Å²) in [5.41, 5.74) is 2.13. The van der Waals surface area contributed by atoms with Gasteiger partial charge in [-0.2, -0.15) is 0 Å². The van der Waals surface area contributed by atoms with Gasteiger partial charge in [0.05, 0.1) is 19.1 Å². The molecule has 0 aromatic carbocycles. The molecule has 6 heteroatoms. The van der Waals surface area contributed by atoms with Crippen LogP contribution in [0.15, 0.2) is 47.1 Å². The number of aliphatic hydroxyl groups is 2. The molecule has 1 saturated heterocycles. The van der Waals surface area contributed by atoms with Crippen molar-refractivity contribution >= 4 is 11.9 Å². The van der Waals surface area contributed by atoms with Crippen LogP contribution in [-0.4, -0.2) is 47.6 Å². The lowest BCUT2D eigenvalue weighted by molar-refractivity contribution is -0.147. The minimum absolute atomic E-state index is 0.131. The highest BCUT2D eigenvalue weighted by Crippen LogP contribution is 2.35. The summed E-state index contributed by atoms with van der Waals surface area (Å²) in [6.07, 6.45) is 3.88. The Balaban J connectivity index is 3.22. The molecular weight excluding hydrogens is 336 g/mol. The fraction of sp³-hybridized carbons (Fsp3) is 0.500. The Hall–Kier alpha value is -2.18. The highest BCUT2D eigenvalue weighted by Gasteiger charge is 2.44. The Labute approximate surface area is 154 Å². The fourth-order valence-corrected chi connectivity index (χ4v) is 2.66. The number of carbonyl (C=O) groups excluding carboxylic acids is 2. The molecule has 1 heterocycles. The van der Waals surface area contributed by atoms with Gasteiger partial charge in [0.25, 0.3) is 0 Å². The van der Waals surface area contributed by atoms with Crippen molar-refractivity contribution in [2.45, 2.75) is 46.3 Å². The number of rotatable bonds is 8. The first-order valence-electron chi connectivity index (χ1n) is 8.53. The molecule has 0 saturated carbocycles. The normalized spacial score (nSPS) is 23.1. The molecule has 144 valence electrons. The van der Waals surface area contributed by atoms with Crippen molar-refractivity contribution in [1.82, 2.24) is 0 Å². The van der Waals surface area contributed by atoms with Gasteiger partial charge in [0.2, 0.25) is 0 Å². The second-order valence-electron chi connectivity index (χ2n) is 6.44. The Morgan fingerprint density at radius 3 is 2.50 bits per heavy atom. The van der Waals surface area contributed by atoms with Gasteiger partial charge < -0.3 is 19.7 Å². The van der Waals surface area contributed by atoms with Crippen molar-refractivity contribution in [3.63, 3.8) is 0 Å². The number of aliphatic hydroxyl groups excluding tert-OH is 2. The van der Waals surface area contributed by atoms with E-state index in [1.54, 1.807) is 39.0 Å². The third-order valence-corrected chi connectivity index (χ3v) is 4.34. The number of cyclic esters (lactones) is 1. The molecule has 1 fully saturated rings. The van der Waals surface area contributed by atoms with Gasteiger partial charge in [-0.25, -0.2) is 9.59 Å². The minimum Gasteiger partial charge on any atom is -0.458 e. The number of hydrogen-bond acceptors (Lipinski definition) is 6. The summed E-state index contributed by atoms with van der Waals surface area (Å²) >= 11 is 0.